The van der Waals surface area contributed by atoms with E-state index in [1.165, 1.54) is 0 Å². The molecular formula is C11H26N2O. The summed E-state index contributed by atoms with van der Waals surface area (Å²) in [6.45, 7) is 10.5. The molecule has 0 aromatic carbocycles. The Hall–Kier alpha value is -0.120. The minimum Gasteiger partial charge on any atom is -0.383 e. The maximum Gasteiger partial charge on any atom is 0.0615 e. The number of rotatable bonds is 8. The molecule has 0 fully saturated rings. The molecule has 2 unspecified atom stereocenters. The first-order chi connectivity index (χ1) is 6.65. The quantitative estimate of drug-likeness (QED) is 0.645. The van der Waals surface area contributed by atoms with Crippen LogP contribution in [0.25, 0.3) is 0 Å². The largest absolute Gasteiger partial charge is 0.383 e. The Balaban J connectivity index is 3.87. The van der Waals surface area contributed by atoms with Crippen LogP contribution in [0.1, 0.15) is 27.2 Å². The van der Waals surface area contributed by atoms with Gasteiger partial charge in [0.1, 0.15) is 0 Å². The van der Waals surface area contributed by atoms with Gasteiger partial charge in [0.2, 0.25) is 0 Å². The highest BCUT2D eigenvalue weighted by Gasteiger charge is 2.14. The third-order valence-corrected chi connectivity index (χ3v) is 2.64. The van der Waals surface area contributed by atoms with Gasteiger partial charge < -0.3 is 10.5 Å². The van der Waals surface area contributed by atoms with E-state index in [2.05, 4.69) is 25.7 Å². The van der Waals surface area contributed by atoms with Crippen LogP contribution >= 0.6 is 0 Å². The van der Waals surface area contributed by atoms with E-state index in [0.29, 0.717) is 12.0 Å². The van der Waals surface area contributed by atoms with Crippen LogP contribution in [-0.2, 0) is 4.74 Å². The number of nitrogens with zero attached hydrogens (tertiary/aromatic N) is 1. The van der Waals surface area contributed by atoms with Gasteiger partial charge in [0, 0.05) is 19.7 Å². The summed E-state index contributed by atoms with van der Waals surface area (Å²) in [7, 11) is 1.76. The number of hydrogen-bond donors (Lipinski definition) is 1. The molecule has 2 atom stereocenters. The van der Waals surface area contributed by atoms with Crippen LogP contribution in [0.2, 0.25) is 0 Å². The minimum absolute atomic E-state index is 0.505. The molecule has 0 aliphatic carbocycles. The maximum atomic E-state index is 5.54. The predicted octanol–water partition coefficient (Wildman–Crippen LogP) is 1.33. The molecule has 3 heteroatoms. The fourth-order valence-corrected chi connectivity index (χ4v) is 1.74. The van der Waals surface area contributed by atoms with Gasteiger partial charge in [-0.3, -0.25) is 4.90 Å². The van der Waals surface area contributed by atoms with Crippen molar-refractivity contribution in [1.82, 2.24) is 4.90 Å². The first-order valence-corrected chi connectivity index (χ1v) is 5.58. The van der Waals surface area contributed by atoms with Crippen molar-refractivity contribution in [3.05, 3.63) is 0 Å². The van der Waals surface area contributed by atoms with E-state index in [0.717, 1.165) is 32.7 Å². The number of ether oxygens (including phenoxy) is 1. The molecule has 86 valence electrons. The summed E-state index contributed by atoms with van der Waals surface area (Å²) in [5, 5.41) is 0. The smallest absolute Gasteiger partial charge is 0.0615 e. The van der Waals surface area contributed by atoms with E-state index in [9.17, 15) is 0 Å². The molecule has 0 bridgehead atoms. The number of hydrogen-bond acceptors (Lipinski definition) is 3. The molecule has 0 saturated carbocycles. The third kappa shape index (κ3) is 5.58. The summed E-state index contributed by atoms with van der Waals surface area (Å²) in [5.74, 6) is 0.680. The number of likely N-dealkylation sites (N-methyl/N-ethyl adjacent to an activating group) is 1. The van der Waals surface area contributed by atoms with Gasteiger partial charge in [-0.1, -0.05) is 13.8 Å². The molecular weight excluding hydrogens is 176 g/mol. The van der Waals surface area contributed by atoms with Crippen LogP contribution in [0.3, 0.4) is 0 Å². The van der Waals surface area contributed by atoms with E-state index in [-0.39, 0.29) is 0 Å². The van der Waals surface area contributed by atoms with Crippen LogP contribution in [0, 0.1) is 5.92 Å². The molecule has 0 saturated heterocycles. The van der Waals surface area contributed by atoms with Crippen molar-refractivity contribution < 1.29 is 4.74 Å². The first-order valence-electron chi connectivity index (χ1n) is 5.58. The summed E-state index contributed by atoms with van der Waals surface area (Å²) in [5.41, 5.74) is 5.54. The van der Waals surface area contributed by atoms with E-state index in [4.69, 9.17) is 10.5 Å². The summed E-state index contributed by atoms with van der Waals surface area (Å²) in [6.07, 6.45) is 1.11. The average molecular weight is 202 g/mol. The van der Waals surface area contributed by atoms with Gasteiger partial charge in [0.25, 0.3) is 0 Å². The van der Waals surface area contributed by atoms with E-state index in [1.54, 1.807) is 7.11 Å². The molecule has 0 aromatic rings. The fourth-order valence-electron chi connectivity index (χ4n) is 1.74. The highest BCUT2D eigenvalue weighted by atomic mass is 16.5. The Kier molecular flexibility index (Phi) is 8.14. The lowest BCUT2D eigenvalue weighted by Gasteiger charge is -2.29. The molecule has 0 aliphatic heterocycles. The van der Waals surface area contributed by atoms with Crippen LogP contribution in [-0.4, -0.2) is 44.3 Å². The Morgan fingerprint density at radius 3 is 2.43 bits per heavy atom. The summed E-state index contributed by atoms with van der Waals surface area (Å²) < 4.78 is 5.16. The summed E-state index contributed by atoms with van der Waals surface area (Å²) >= 11 is 0. The second kappa shape index (κ2) is 8.21. The van der Waals surface area contributed by atoms with Crippen LogP contribution < -0.4 is 5.73 Å². The molecule has 3 nitrogen and oxygen atoms in total. The lowest BCUT2D eigenvalue weighted by molar-refractivity contribution is 0.0926. The molecule has 14 heavy (non-hydrogen) atoms. The molecule has 0 aliphatic rings. The SMILES string of the molecule is CCN(CC(C)CCN)C(C)COC. The fraction of sp³-hybridized carbons (Fsp3) is 1.00. The molecule has 0 spiro atoms. The van der Waals surface area contributed by atoms with E-state index < -0.39 is 0 Å². The topological polar surface area (TPSA) is 38.5 Å². The molecule has 0 heterocycles. The number of nitrogens with two attached hydrogens (primary N) is 1. The summed E-state index contributed by atoms with van der Waals surface area (Å²) in [6, 6.07) is 0.505. The normalized spacial score (nSPS) is 15.9. The van der Waals surface area contributed by atoms with Crippen LogP contribution in [0.15, 0.2) is 0 Å². The van der Waals surface area contributed by atoms with Crippen molar-refractivity contribution >= 4 is 0 Å². The van der Waals surface area contributed by atoms with Crippen molar-refractivity contribution in [1.29, 1.82) is 0 Å². The maximum absolute atomic E-state index is 5.54. The van der Waals surface area contributed by atoms with Crippen molar-refractivity contribution in [2.45, 2.75) is 33.2 Å². The molecule has 0 rings (SSSR count). The summed E-state index contributed by atoms with van der Waals surface area (Å²) in [4.78, 5) is 2.45. The third-order valence-electron chi connectivity index (χ3n) is 2.64. The van der Waals surface area contributed by atoms with Crippen LogP contribution in [0.4, 0.5) is 0 Å². The Bertz CT molecular complexity index is 130. The van der Waals surface area contributed by atoms with Gasteiger partial charge in [-0.25, -0.2) is 0 Å². The van der Waals surface area contributed by atoms with E-state index in [1.807, 2.05) is 0 Å². The van der Waals surface area contributed by atoms with Gasteiger partial charge in [0.15, 0.2) is 0 Å². The van der Waals surface area contributed by atoms with Crippen molar-refractivity contribution in [2.75, 3.05) is 33.4 Å². The van der Waals surface area contributed by atoms with E-state index >= 15 is 0 Å². The molecule has 0 aromatic heterocycles. The minimum atomic E-state index is 0.505. The average Bonchev–Trinajstić information content (AvgIpc) is 2.15. The van der Waals surface area contributed by atoms with Crippen molar-refractivity contribution in [3.8, 4) is 0 Å². The molecule has 2 N–H and O–H groups in total. The molecule has 0 amide bonds. The van der Waals surface area contributed by atoms with Crippen LogP contribution in [0.5, 0.6) is 0 Å². The zero-order valence-electron chi connectivity index (χ0n) is 10.1. The lowest BCUT2D eigenvalue weighted by atomic mass is 10.1. The highest BCUT2D eigenvalue weighted by Crippen LogP contribution is 2.07. The second-order valence-electron chi connectivity index (χ2n) is 4.07. The lowest BCUT2D eigenvalue weighted by Crippen LogP contribution is -2.39. The Morgan fingerprint density at radius 2 is 2.00 bits per heavy atom. The number of methoxy groups -OCH3 is 1. The van der Waals surface area contributed by atoms with Crippen molar-refractivity contribution in [2.24, 2.45) is 11.7 Å². The van der Waals surface area contributed by atoms with Gasteiger partial charge in [0.05, 0.1) is 6.61 Å². The highest BCUT2D eigenvalue weighted by molar-refractivity contribution is 4.68. The molecule has 0 radical (unpaired) electrons. The monoisotopic (exact) mass is 202 g/mol. The van der Waals surface area contributed by atoms with Gasteiger partial charge >= 0.3 is 0 Å². The zero-order chi connectivity index (χ0) is 11.0. The second-order valence-corrected chi connectivity index (χ2v) is 4.07. The van der Waals surface area contributed by atoms with Gasteiger partial charge in [-0.05, 0) is 32.4 Å². The van der Waals surface area contributed by atoms with Crippen molar-refractivity contribution in [3.63, 3.8) is 0 Å². The predicted molar refractivity (Wildman–Crippen MR) is 61.4 cm³/mol. The van der Waals surface area contributed by atoms with Gasteiger partial charge in [-0.2, -0.15) is 0 Å². The Labute approximate surface area is 88.6 Å². The zero-order valence-corrected chi connectivity index (χ0v) is 10.1. The van der Waals surface area contributed by atoms with Gasteiger partial charge in [-0.15, -0.1) is 0 Å². The first kappa shape index (κ1) is 13.9. The Morgan fingerprint density at radius 1 is 1.36 bits per heavy atom. The standard InChI is InChI=1S/C11H26N2O/c1-5-13(11(3)9-14-4)8-10(2)6-7-12/h10-11H,5-9,12H2,1-4H3.